The highest BCUT2D eigenvalue weighted by molar-refractivity contribution is 6.31. The quantitative estimate of drug-likeness (QED) is 0.365. The Balaban J connectivity index is 1.56. The zero-order chi connectivity index (χ0) is 22.1. The van der Waals surface area contributed by atoms with E-state index in [1.807, 2.05) is 31.2 Å². The van der Waals surface area contributed by atoms with Crippen LogP contribution in [-0.2, 0) is 19.6 Å². The first-order valence-corrected chi connectivity index (χ1v) is 11.0. The molecular weight excluding hydrogens is 413 g/mol. The van der Waals surface area contributed by atoms with Gasteiger partial charge in [-0.25, -0.2) is 4.39 Å². The lowest BCUT2D eigenvalue weighted by molar-refractivity contribution is 0.269. The molecule has 0 fully saturated rings. The van der Waals surface area contributed by atoms with E-state index in [1.54, 1.807) is 6.07 Å². The number of benzene rings is 3. The Kier molecular flexibility index (Phi) is 8.74. The Bertz CT molecular complexity index is 965. The topological polar surface area (TPSA) is 30.5 Å². The van der Waals surface area contributed by atoms with E-state index in [4.69, 9.17) is 21.1 Å². The van der Waals surface area contributed by atoms with E-state index in [0.29, 0.717) is 29.2 Å². The van der Waals surface area contributed by atoms with Crippen molar-refractivity contribution in [1.82, 2.24) is 5.32 Å². The summed E-state index contributed by atoms with van der Waals surface area (Å²) in [5.41, 5.74) is 3.21. The Morgan fingerprint density at radius 2 is 1.74 bits per heavy atom. The van der Waals surface area contributed by atoms with Gasteiger partial charge in [0, 0.05) is 18.2 Å². The SMILES string of the molecule is CCOc1cc(CNC(C)CCc2ccccc2)ccc1OCc1ccc(F)cc1Cl. The molecule has 3 rings (SSSR count). The lowest BCUT2D eigenvalue weighted by atomic mass is 10.1. The summed E-state index contributed by atoms with van der Waals surface area (Å²) >= 11 is 6.10. The molecule has 0 bridgehead atoms. The monoisotopic (exact) mass is 441 g/mol. The molecule has 1 N–H and O–H groups in total. The van der Waals surface area contributed by atoms with E-state index in [2.05, 4.69) is 36.5 Å². The molecule has 164 valence electrons. The average Bonchev–Trinajstić information content (AvgIpc) is 2.77. The predicted octanol–water partition coefficient (Wildman–Crippen LogP) is 6.57. The highest BCUT2D eigenvalue weighted by Gasteiger charge is 2.10. The van der Waals surface area contributed by atoms with Crippen LogP contribution in [0.2, 0.25) is 5.02 Å². The molecule has 0 aliphatic heterocycles. The second-order valence-corrected chi connectivity index (χ2v) is 7.95. The Morgan fingerprint density at radius 3 is 2.48 bits per heavy atom. The van der Waals surface area contributed by atoms with Crippen LogP contribution in [0.3, 0.4) is 0 Å². The number of nitrogens with one attached hydrogen (secondary N) is 1. The van der Waals surface area contributed by atoms with Crippen molar-refractivity contribution in [1.29, 1.82) is 0 Å². The molecule has 0 amide bonds. The lowest BCUT2D eigenvalue weighted by Gasteiger charge is -2.16. The molecule has 0 aliphatic rings. The Labute approximate surface area is 189 Å². The smallest absolute Gasteiger partial charge is 0.161 e. The molecule has 1 unspecified atom stereocenters. The third kappa shape index (κ3) is 7.27. The van der Waals surface area contributed by atoms with Crippen LogP contribution in [0, 0.1) is 5.82 Å². The Morgan fingerprint density at radius 1 is 0.935 bits per heavy atom. The van der Waals surface area contributed by atoms with E-state index >= 15 is 0 Å². The van der Waals surface area contributed by atoms with Gasteiger partial charge in [0.2, 0.25) is 0 Å². The van der Waals surface area contributed by atoms with Crippen LogP contribution in [0.1, 0.15) is 37.0 Å². The van der Waals surface area contributed by atoms with Gasteiger partial charge in [-0.2, -0.15) is 0 Å². The fraction of sp³-hybridized carbons (Fsp3) is 0.308. The van der Waals surface area contributed by atoms with Crippen molar-refractivity contribution in [3.05, 3.63) is 94.3 Å². The summed E-state index contributed by atoms with van der Waals surface area (Å²) in [5.74, 6) is 0.971. The summed E-state index contributed by atoms with van der Waals surface area (Å²) < 4.78 is 24.9. The molecule has 5 heteroatoms. The summed E-state index contributed by atoms with van der Waals surface area (Å²) in [6.45, 7) is 5.68. The van der Waals surface area contributed by atoms with E-state index in [0.717, 1.165) is 30.5 Å². The van der Waals surface area contributed by atoms with E-state index in [-0.39, 0.29) is 12.4 Å². The minimum absolute atomic E-state index is 0.243. The molecular formula is C26H29ClFNO2. The van der Waals surface area contributed by atoms with Gasteiger partial charge in [-0.15, -0.1) is 0 Å². The maximum atomic E-state index is 13.2. The molecule has 0 radical (unpaired) electrons. The van der Waals surface area contributed by atoms with Crippen LogP contribution < -0.4 is 14.8 Å². The number of halogens is 2. The molecule has 0 heterocycles. The summed E-state index contributed by atoms with van der Waals surface area (Å²) in [7, 11) is 0. The van der Waals surface area contributed by atoms with Crippen molar-refractivity contribution < 1.29 is 13.9 Å². The van der Waals surface area contributed by atoms with Gasteiger partial charge in [0.1, 0.15) is 12.4 Å². The zero-order valence-electron chi connectivity index (χ0n) is 18.0. The second-order valence-electron chi connectivity index (χ2n) is 7.54. The van der Waals surface area contributed by atoms with Crippen molar-refractivity contribution in [2.75, 3.05) is 6.61 Å². The molecule has 0 aromatic heterocycles. The maximum Gasteiger partial charge on any atom is 0.161 e. The number of hydrogen-bond acceptors (Lipinski definition) is 3. The van der Waals surface area contributed by atoms with Crippen molar-refractivity contribution in [2.24, 2.45) is 0 Å². The fourth-order valence-electron chi connectivity index (χ4n) is 3.27. The lowest BCUT2D eigenvalue weighted by Crippen LogP contribution is -2.26. The van der Waals surface area contributed by atoms with Gasteiger partial charge in [0.25, 0.3) is 0 Å². The van der Waals surface area contributed by atoms with Crippen molar-refractivity contribution in [3.8, 4) is 11.5 Å². The standard InChI is InChI=1S/C26H29ClFNO2/c1-3-30-26-15-21(17-29-19(2)9-10-20-7-5-4-6-8-20)11-14-25(26)31-18-22-12-13-23(28)16-24(22)27/h4-8,11-16,19,29H,3,9-10,17-18H2,1-2H3. The van der Waals surface area contributed by atoms with Gasteiger partial charge in [-0.1, -0.05) is 54.1 Å². The minimum atomic E-state index is -0.362. The number of aryl methyl sites for hydroxylation is 1. The third-order valence-corrected chi connectivity index (χ3v) is 5.42. The first-order valence-electron chi connectivity index (χ1n) is 10.6. The van der Waals surface area contributed by atoms with E-state index in [9.17, 15) is 4.39 Å². The van der Waals surface area contributed by atoms with Crippen molar-refractivity contribution in [3.63, 3.8) is 0 Å². The number of rotatable bonds is 11. The highest BCUT2D eigenvalue weighted by Crippen LogP contribution is 2.30. The van der Waals surface area contributed by atoms with Gasteiger partial charge in [0.05, 0.1) is 11.6 Å². The molecule has 0 spiro atoms. The number of hydrogen-bond donors (Lipinski definition) is 1. The zero-order valence-corrected chi connectivity index (χ0v) is 18.8. The van der Waals surface area contributed by atoms with Gasteiger partial charge in [0.15, 0.2) is 11.5 Å². The van der Waals surface area contributed by atoms with Gasteiger partial charge < -0.3 is 14.8 Å². The second kappa shape index (κ2) is 11.7. The van der Waals surface area contributed by atoms with Crippen LogP contribution in [0.4, 0.5) is 4.39 Å². The summed E-state index contributed by atoms with van der Waals surface area (Å²) in [6.07, 6.45) is 2.12. The minimum Gasteiger partial charge on any atom is -0.490 e. The molecule has 0 saturated carbocycles. The molecule has 1 atom stereocenters. The van der Waals surface area contributed by atoms with Crippen LogP contribution in [0.5, 0.6) is 11.5 Å². The molecule has 0 aliphatic carbocycles. The van der Waals surface area contributed by atoms with E-state index in [1.165, 1.54) is 17.7 Å². The molecule has 31 heavy (non-hydrogen) atoms. The normalized spacial score (nSPS) is 11.9. The first kappa shape index (κ1) is 23.1. The van der Waals surface area contributed by atoms with Gasteiger partial charge >= 0.3 is 0 Å². The number of ether oxygens (including phenoxy) is 2. The third-order valence-electron chi connectivity index (χ3n) is 5.07. The largest absolute Gasteiger partial charge is 0.490 e. The first-order chi connectivity index (χ1) is 15.0. The van der Waals surface area contributed by atoms with E-state index < -0.39 is 0 Å². The van der Waals surface area contributed by atoms with Crippen LogP contribution in [-0.4, -0.2) is 12.6 Å². The predicted molar refractivity (Wildman–Crippen MR) is 124 cm³/mol. The molecule has 3 aromatic rings. The van der Waals surface area contributed by atoms with Crippen LogP contribution >= 0.6 is 11.6 Å². The average molecular weight is 442 g/mol. The fourth-order valence-corrected chi connectivity index (χ4v) is 3.49. The van der Waals surface area contributed by atoms with Crippen molar-refractivity contribution >= 4 is 11.6 Å². The van der Waals surface area contributed by atoms with Crippen molar-refractivity contribution in [2.45, 2.75) is 45.9 Å². The van der Waals surface area contributed by atoms with Crippen LogP contribution in [0.25, 0.3) is 0 Å². The maximum absolute atomic E-state index is 13.2. The highest BCUT2D eigenvalue weighted by atomic mass is 35.5. The van der Waals surface area contributed by atoms with Gasteiger partial charge in [-0.3, -0.25) is 0 Å². The molecule has 3 nitrogen and oxygen atoms in total. The van der Waals surface area contributed by atoms with Gasteiger partial charge in [-0.05, 0) is 62.1 Å². The molecule has 3 aromatic carbocycles. The Hall–Kier alpha value is -2.56. The van der Waals surface area contributed by atoms with Crippen LogP contribution in [0.15, 0.2) is 66.7 Å². The summed E-state index contributed by atoms with van der Waals surface area (Å²) in [6, 6.07) is 21.2. The summed E-state index contributed by atoms with van der Waals surface area (Å²) in [5, 5.41) is 3.93. The molecule has 0 saturated heterocycles. The summed E-state index contributed by atoms with van der Waals surface area (Å²) in [4.78, 5) is 0.